The molecule has 0 spiro atoms. The lowest BCUT2D eigenvalue weighted by atomic mass is 9.74. The number of methoxy groups -OCH3 is 2. The number of fused-ring (bicyclic) bond motifs is 6. The summed E-state index contributed by atoms with van der Waals surface area (Å²) in [6.07, 6.45) is 0.211. The third kappa shape index (κ3) is 8.15. The van der Waals surface area contributed by atoms with Crippen molar-refractivity contribution in [2.24, 2.45) is 0 Å². The van der Waals surface area contributed by atoms with E-state index in [2.05, 4.69) is 21.9 Å². The van der Waals surface area contributed by atoms with E-state index in [1.165, 1.54) is 47.0 Å². The predicted octanol–water partition coefficient (Wildman–Crippen LogP) is 2.80. The largest absolute Gasteiger partial charge is 0.619 e. The zero-order valence-corrected chi connectivity index (χ0v) is 34.4. The molecule has 0 radical (unpaired) electrons. The number of phenolic OH excluding ortho intramolecular Hbond substituents is 2. The molecule has 4 heterocycles. The van der Waals surface area contributed by atoms with Crippen molar-refractivity contribution in [3.63, 3.8) is 0 Å². The molecule has 3 aromatic rings. The highest BCUT2D eigenvalue weighted by atomic mass is 33.1. The van der Waals surface area contributed by atoms with E-state index in [9.17, 15) is 40.0 Å². The zero-order chi connectivity index (χ0) is 42.3. The van der Waals surface area contributed by atoms with Crippen LogP contribution in [0.4, 0.5) is 5.69 Å². The van der Waals surface area contributed by atoms with Gasteiger partial charge in [-0.15, -0.1) is 0 Å². The molecular weight excluding hydrogens is 809 g/mol. The number of nitrogens with one attached hydrogen (secondary N) is 1. The molecule has 1 amide bonds. The Hall–Kier alpha value is -4.31. The van der Waals surface area contributed by atoms with Crippen molar-refractivity contribution in [2.75, 3.05) is 33.9 Å². The lowest BCUT2D eigenvalue weighted by Gasteiger charge is -2.39. The van der Waals surface area contributed by atoms with Crippen LogP contribution in [0.3, 0.4) is 0 Å². The number of benzene rings is 2. The SMILES string of the molecule is C=[N+]([O-])c1ccc(SSC(C)CNC(=O)[C@@]2(O)CCc3c(O)c4c(c(O)c3C2)C(=O)c2cccc(OC)c2C4=O)nc1.CO[C@H]1OCCN2[C@@H]1O[C@@H]1[C@H](C)O[C@@H](O)C[C@@H]12. The van der Waals surface area contributed by atoms with Gasteiger partial charge in [0.2, 0.25) is 11.5 Å². The molecule has 1 unspecified atom stereocenters. The monoisotopic (exact) mass is 854 g/mol. The number of phenols is 2. The quantitative estimate of drug-likeness (QED) is 0.0407. The number of ether oxygens (including phenoxy) is 5. The standard InChI is InChI=1S/C29H27N3O8S2.C11H19NO5/c1-14(41-42-20-8-7-15(13-30-20)32(2)39)12-31-28(37)29(38)10-9-16-18(11-29)26(35)22-23(24(16)33)27(36)21-17(25(22)34)5-4-6-19(21)40-3;1-6-9-7(5-8(13)16-6)12-3-4-15-11(14-2)10(12)17-9/h4-8,13-14,33,35,38H,2,9-12H2,1,3H3,(H,31,37);6-11,13H,3-5H2,1-2H3/t14?,29-;6-,7-,8+,9+,10+,11-/m10/s1. The van der Waals surface area contributed by atoms with Gasteiger partial charge in [-0.2, -0.15) is 4.74 Å². The van der Waals surface area contributed by atoms with Crippen LogP contribution in [0.15, 0.2) is 41.6 Å². The molecule has 19 heteroatoms. The number of amides is 1. The number of rotatable bonds is 9. The van der Waals surface area contributed by atoms with E-state index in [4.69, 9.17) is 23.7 Å². The molecule has 2 aromatic carbocycles. The molecule has 316 valence electrons. The van der Waals surface area contributed by atoms with Gasteiger partial charge in [0, 0.05) is 67.1 Å². The summed E-state index contributed by atoms with van der Waals surface area (Å²) in [5, 5.41) is 57.9. The molecular formula is C40H46N4O13S2. The van der Waals surface area contributed by atoms with Crippen LogP contribution in [-0.2, 0) is 36.6 Å². The lowest BCUT2D eigenvalue weighted by molar-refractivity contribution is -0.350. The molecule has 1 aromatic heterocycles. The highest BCUT2D eigenvalue weighted by Gasteiger charge is 2.53. The zero-order valence-electron chi connectivity index (χ0n) is 32.8. The number of carbonyl (C=O) groups is 3. The highest BCUT2D eigenvalue weighted by molar-refractivity contribution is 8.76. The molecule has 0 saturated carbocycles. The van der Waals surface area contributed by atoms with Gasteiger partial charge < -0.3 is 54.6 Å². The van der Waals surface area contributed by atoms with Gasteiger partial charge >= 0.3 is 0 Å². The number of ketones is 2. The summed E-state index contributed by atoms with van der Waals surface area (Å²) in [6, 6.07) is 7.99. The normalized spacial score (nSPS) is 27.5. The Morgan fingerprint density at radius 2 is 1.88 bits per heavy atom. The molecule has 8 rings (SSSR count). The number of aromatic hydroxyl groups is 2. The Balaban J connectivity index is 0.000000257. The fraction of sp³-hybridized carbons (Fsp3) is 0.475. The van der Waals surface area contributed by atoms with Crippen LogP contribution in [0, 0.1) is 5.21 Å². The maximum Gasteiger partial charge on any atom is 0.252 e. The van der Waals surface area contributed by atoms with Gasteiger partial charge in [0.25, 0.3) is 5.91 Å². The maximum absolute atomic E-state index is 13.4. The maximum atomic E-state index is 13.4. The van der Waals surface area contributed by atoms with Crippen LogP contribution in [0.1, 0.15) is 69.7 Å². The number of aliphatic hydroxyl groups excluding tert-OH is 1. The predicted molar refractivity (Wildman–Crippen MR) is 214 cm³/mol. The van der Waals surface area contributed by atoms with E-state index in [0.29, 0.717) is 28.5 Å². The Bertz CT molecular complexity index is 2140. The number of hydrogen-bond donors (Lipinski definition) is 5. The van der Waals surface area contributed by atoms with Crippen LogP contribution in [0.2, 0.25) is 0 Å². The average molecular weight is 855 g/mol. The second kappa shape index (κ2) is 17.3. The van der Waals surface area contributed by atoms with Crippen LogP contribution in [0.5, 0.6) is 17.2 Å². The van der Waals surface area contributed by atoms with Gasteiger partial charge in [0.15, 0.2) is 24.6 Å². The second-order valence-electron chi connectivity index (χ2n) is 14.9. The van der Waals surface area contributed by atoms with Crippen molar-refractivity contribution in [1.29, 1.82) is 0 Å². The highest BCUT2D eigenvalue weighted by Crippen LogP contribution is 2.48. The topological polar surface area (TPSA) is 233 Å². The third-order valence-corrected chi connectivity index (χ3v) is 14.0. The van der Waals surface area contributed by atoms with Gasteiger partial charge in [-0.1, -0.05) is 29.9 Å². The first kappa shape index (κ1) is 42.8. The summed E-state index contributed by atoms with van der Waals surface area (Å²) in [4.78, 5) is 46.4. The molecule has 17 nitrogen and oxygen atoms in total. The summed E-state index contributed by atoms with van der Waals surface area (Å²) < 4.78 is 27.9. The van der Waals surface area contributed by atoms with E-state index in [1.807, 2.05) is 13.8 Å². The first-order chi connectivity index (χ1) is 28.2. The number of carbonyl (C=O) groups excluding carboxylic acids is 3. The van der Waals surface area contributed by atoms with E-state index >= 15 is 0 Å². The van der Waals surface area contributed by atoms with Crippen LogP contribution < -0.4 is 10.1 Å². The molecule has 8 atom stereocenters. The number of morpholine rings is 1. The molecule has 5 aliphatic rings. The Morgan fingerprint density at radius 1 is 1.14 bits per heavy atom. The van der Waals surface area contributed by atoms with Crippen molar-refractivity contribution in [3.05, 3.63) is 75.1 Å². The van der Waals surface area contributed by atoms with Gasteiger partial charge in [0.1, 0.15) is 46.9 Å². The first-order valence-corrected chi connectivity index (χ1v) is 21.2. The van der Waals surface area contributed by atoms with Gasteiger partial charge in [-0.3, -0.25) is 19.3 Å². The van der Waals surface area contributed by atoms with Crippen LogP contribution in [-0.4, -0.2) is 141 Å². The smallest absolute Gasteiger partial charge is 0.252 e. The van der Waals surface area contributed by atoms with Crippen molar-refractivity contribution in [2.45, 2.75) is 92.5 Å². The fourth-order valence-electron chi connectivity index (χ4n) is 8.19. The van der Waals surface area contributed by atoms with Crippen molar-refractivity contribution >= 4 is 51.5 Å². The Morgan fingerprint density at radius 3 is 2.58 bits per heavy atom. The van der Waals surface area contributed by atoms with Crippen molar-refractivity contribution in [3.8, 4) is 17.2 Å². The molecule has 3 saturated heterocycles. The molecule has 59 heavy (non-hydrogen) atoms. The minimum absolute atomic E-state index is 0.00385. The lowest BCUT2D eigenvalue weighted by Crippen LogP contribution is -2.54. The third-order valence-electron chi connectivity index (χ3n) is 11.2. The Kier molecular flexibility index (Phi) is 12.6. The summed E-state index contributed by atoms with van der Waals surface area (Å²) in [5.41, 5.74) is -1.97. The van der Waals surface area contributed by atoms with Gasteiger partial charge in [0.05, 0.1) is 36.5 Å². The number of nitrogens with zero attached hydrogens (tertiary/aromatic N) is 3. The molecule has 5 N–H and O–H groups in total. The number of aromatic nitrogens is 1. The van der Waals surface area contributed by atoms with E-state index in [1.54, 1.807) is 25.3 Å². The first-order valence-electron chi connectivity index (χ1n) is 19.0. The number of pyridine rings is 1. The molecule has 2 aliphatic carbocycles. The Labute approximate surface area is 347 Å². The summed E-state index contributed by atoms with van der Waals surface area (Å²) >= 11 is 0. The van der Waals surface area contributed by atoms with E-state index < -0.39 is 40.9 Å². The van der Waals surface area contributed by atoms with Crippen molar-refractivity contribution in [1.82, 2.24) is 15.2 Å². The summed E-state index contributed by atoms with van der Waals surface area (Å²) in [6.45, 7) is 8.73. The van der Waals surface area contributed by atoms with Crippen molar-refractivity contribution < 1.29 is 63.2 Å². The molecule has 0 bridgehead atoms. The van der Waals surface area contributed by atoms with Crippen LogP contribution >= 0.6 is 21.6 Å². The summed E-state index contributed by atoms with van der Waals surface area (Å²) in [7, 11) is 5.78. The molecule has 3 fully saturated rings. The van der Waals surface area contributed by atoms with Gasteiger partial charge in [-0.05, 0) is 42.7 Å². The summed E-state index contributed by atoms with van der Waals surface area (Å²) in [5.74, 6) is -2.80. The van der Waals surface area contributed by atoms with E-state index in [-0.39, 0.29) is 101 Å². The fourth-order valence-corrected chi connectivity index (χ4v) is 10.1. The second-order valence-corrected chi connectivity index (χ2v) is 17.5. The number of hydrogen-bond acceptors (Lipinski definition) is 17. The minimum Gasteiger partial charge on any atom is -0.619 e. The molecule has 3 aliphatic heterocycles. The van der Waals surface area contributed by atoms with Gasteiger partial charge in [-0.25, -0.2) is 4.98 Å². The average Bonchev–Trinajstić information content (AvgIpc) is 3.61. The van der Waals surface area contributed by atoms with Crippen LogP contribution in [0.25, 0.3) is 0 Å². The number of aliphatic hydroxyl groups is 2. The minimum atomic E-state index is -1.92. The van der Waals surface area contributed by atoms with E-state index in [0.717, 1.165) is 6.54 Å².